The molecule has 1 aromatic carbocycles. The lowest BCUT2D eigenvalue weighted by Crippen LogP contribution is -2.37. The van der Waals surface area contributed by atoms with Crippen LogP contribution in [0.15, 0.2) is 29.6 Å². The minimum absolute atomic E-state index is 0.0787. The molecule has 0 bridgehead atoms. The van der Waals surface area contributed by atoms with Gasteiger partial charge in [-0.2, -0.15) is 0 Å². The van der Waals surface area contributed by atoms with Crippen molar-refractivity contribution in [2.75, 3.05) is 12.4 Å². The first-order valence-electron chi connectivity index (χ1n) is 10.1. The second kappa shape index (κ2) is 9.35. The highest BCUT2D eigenvalue weighted by Gasteiger charge is 2.37. The lowest BCUT2D eigenvalue weighted by atomic mass is 9.78. The van der Waals surface area contributed by atoms with Gasteiger partial charge in [0.25, 0.3) is 0 Å². The predicted octanol–water partition coefficient (Wildman–Crippen LogP) is 5.50. The molecule has 1 aromatic heterocycles. The SMILES string of the molecule is CCC(CC)(CC(=O)OC)C(=O)Nc1cccc(C=Cc2nc(C3CC3)cs2)c1. The predicted molar refractivity (Wildman–Crippen MR) is 118 cm³/mol. The Bertz CT molecular complexity index is 895. The number of hydrogen-bond donors (Lipinski definition) is 1. The number of hydrogen-bond acceptors (Lipinski definition) is 5. The van der Waals surface area contributed by atoms with E-state index in [-0.39, 0.29) is 18.3 Å². The Morgan fingerprint density at radius 3 is 2.69 bits per heavy atom. The second-order valence-corrected chi connectivity index (χ2v) is 8.43. The smallest absolute Gasteiger partial charge is 0.306 e. The number of thiazole rings is 1. The molecule has 3 rings (SSSR count). The normalized spacial score (nSPS) is 14.2. The number of esters is 1. The summed E-state index contributed by atoms with van der Waals surface area (Å²) in [6, 6.07) is 7.69. The molecule has 1 aliphatic carbocycles. The number of nitrogens with zero attached hydrogens (tertiary/aromatic N) is 1. The molecule has 1 saturated carbocycles. The first-order chi connectivity index (χ1) is 14.0. The fraction of sp³-hybridized carbons (Fsp3) is 0.435. The zero-order chi connectivity index (χ0) is 20.9. The molecule has 29 heavy (non-hydrogen) atoms. The molecule has 2 aromatic rings. The van der Waals surface area contributed by atoms with Gasteiger partial charge in [0.1, 0.15) is 5.01 Å². The molecule has 1 heterocycles. The fourth-order valence-electron chi connectivity index (χ4n) is 3.34. The number of ether oxygens (including phenoxy) is 1. The summed E-state index contributed by atoms with van der Waals surface area (Å²) in [5.41, 5.74) is 2.14. The summed E-state index contributed by atoms with van der Waals surface area (Å²) < 4.78 is 4.79. The van der Waals surface area contributed by atoms with Gasteiger partial charge in [0.2, 0.25) is 5.91 Å². The van der Waals surface area contributed by atoms with E-state index in [0.717, 1.165) is 10.6 Å². The number of methoxy groups -OCH3 is 1. The third-order valence-electron chi connectivity index (χ3n) is 5.64. The van der Waals surface area contributed by atoms with E-state index >= 15 is 0 Å². The molecule has 154 valence electrons. The first kappa shape index (κ1) is 21.2. The van der Waals surface area contributed by atoms with Crippen molar-refractivity contribution in [2.24, 2.45) is 5.41 Å². The molecule has 0 spiro atoms. The lowest BCUT2D eigenvalue weighted by Gasteiger charge is -2.29. The maximum atomic E-state index is 13.0. The van der Waals surface area contributed by atoms with Crippen LogP contribution >= 0.6 is 11.3 Å². The van der Waals surface area contributed by atoms with Gasteiger partial charge in [-0.3, -0.25) is 9.59 Å². The molecule has 1 aliphatic rings. The first-order valence-corrected chi connectivity index (χ1v) is 11.0. The van der Waals surface area contributed by atoms with Gasteiger partial charge in [0.05, 0.1) is 24.6 Å². The number of carbonyl (C=O) groups excluding carboxylic acids is 2. The van der Waals surface area contributed by atoms with E-state index in [1.165, 1.54) is 25.6 Å². The van der Waals surface area contributed by atoms with E-state index in [0.29, 0.717) is 24.4 Å². The van der Waals surface area contributed by atoms with Crippen LogP contribution in [0.2, 0.25) is 0 Å². The van der Waals surface area contributed by atoms with Crippen molar-refractivity contribution in [2.45, 2.75) is 51.9 Å². The third-order valence-corrected chi connectivity index (χ3v) is 6.47. The molecule has 0 saturated heterocycles. The van der Waals surface area contributed by atoms with Crippen LogP contribution in [0.1, 0.15) is 68.1 Å². The maximum absolute atomic E-state index is 13.0. The van der Waals surface area contributed by atoms with E-state index in [2.05, 4.69) is 15.7 Å². The Labute approximate surface area is 176 Å². The molecule has 0 unspecified atom stereocenters. The highest BCUT2D eigenvalue weighted by atomic mass is 32.1. The Kier molecular flexibility index (Phi) is 6.85. The summed E-state index contributed by atoms with van der Waals surface area (Å²) in [5.74, 6) is 0.145. The van der Waals surface area contributed by atoms with Crippen LogP contribution in [0.5, 0.6) is 0 Å². The molecule has 0 radical (unpaired) electrons. The quantitative estimate of drug-likeness (QED) is 0.552. The van der Waals surface area contributed by atoms with Crippen LogP contribution in [0.25, 0.3) is 12.2 Å². The summed E-state index contributed by atoms with van der Waals surface area (Å²) >= 11 is 1.66. The van der Waals surface area contributed by atoms with Crippen molar-refractivity contribution in [3.05, 3.63) is 45.9 Å². The van der Waals surface area contributed by atoms with Crippen LogP contribution < -0.4 is 5.32 Å². The highest BCUT2D eigenvalue weighted by Crippen LogP contribution is 2.40. The summed E-state index contributed by atoms with van der Waals surface area (Å²) in [4.78, 5) is 29.4. The van der Waals surface area contributed by atoms with E-state index < -0.39 is 5.41 Å². The zero-order valence-electron chi connectivity index (χ0n) is 17.2. The molecule has 0 aliphatic heterocycles. The van der Waals surface area contributed by atoms with Crippen LogP contribution in [0.3, 0.4) is 0 Å². The molecule has 1 N–H and O–H groups in total. The monoisotopic (exact) mass is 412 g/mol. The van der Waals surface area contributed by atoms with Crippen molar-refractivity contribution >= 4 is 41.1 Å². The second-order valence-electron chi connectivity index (χ2n) is 7.54. The Hall–Kier alpha value is -2.47. The summed E-state index contributed by atoms with van der Waals surface area (Å²) in [6.07, 6.45) is 7.73. The summed E-state index contributed by atoms with van der Waals surface area (Å²) in [5, 5.41) is 6.13. The van der Waals surface area contributed by atoms with Gasteiger partial charge < -0.3 is 10.1 Å². The fourth-order valence-corrected chi connectivity index (χ4v) is 4.14. The van der Waals surface area contributed by atoms with Gasteiger partial charge in [-0.25, -0.2) is 4.98 Å². The largest absolute Gasteiger partial charge is 0.469 e. The van der Waals surface area contributed by atoms with Crippen molar-refractivity contribution in [1.29, 1.82) is 0 Å². The maximum Gasteiger partial charge on any atom is 0.306 e. The van der Waals surface area contributed by atoms with Crippen molar-refractivity contribution < 1.29 is 14.3 Å². The van der Waals surface area contributed by atoms with Gasteiger partial charge in [0.15, 0.2) is 0 Å². The number of anilines is 1. The minimum Gasteiger partial charge on any atom is -0.469 e. The van der Waals surface area contributed by atoms with Crippen LogP contribution in [-0.4, -0.2) is 24.0 Å². The standard InChI is InChI=1S/C23H28N2O3S/c1-4-23(5-2,14-21(26)28-3)22(27)24-18-8-6-7-16(13-18)9-12-20-25-19(15-29-20)17-10-11-17/h6-9,12-13,15,17H,4-5,10-11,14H2,1-3H3,(H,24,27). The molecule has 6 heteroatoms. The van der Waals surface area contributed by atoms with Gasteiger partial charge in [-0.15, -0.1) is 11.3 Å². The molecular weight excluding hydrogens is 384 g/mol. The number of benzene rings is 1. The highest BCUT2D eigenvalue weighted by molar-refractivity contribution is 7.10. The van der Waals surface area contributed by atoms with E-state index in [9.17, 15) is 9.59 Å². The van der Waals surface area contributed by atoms with E-state index in [1.807, 2.05) is 50.3 Å². The number of carbonyl (C=O) groups is 2. The number of aromatic nitrogens is 1. The zero-order valence-corrected chi connectivity index (χ0v) is 18.1. The number of amides is 1. The van der Waals surface area contributed by atoms with Gasteiger partial charge in [0, 0.05) is 17.0 Å². The van der Waals surface area contributed by atoms with E-state index in [4.69, 9.17) is 4.74 Å². The summed E-state index contributed by atoms with van der Waals surface area (Å²) in [7, 11) is 1.35. The Morgan fingerprint density at radius 1 is 1.28 bits per heavy atom. The van der Waals surface area contributed by atoms with Crippen molar-refractivity contribution in [1.82, 2.24) is 4.98 Å². The van der Waals surface area contributed by atoms with E-state index in [1.54, 1.807) is 11.3 Å². The molecule has 1 amide bonds. The number of nitrogens with one attached hydrogen (secondary N) is 1. The molecular formula is C23H28N2O3S. The van der Waals surface area contributed by atoms with Crippen molar-refractivity contribution in [3.8, 4) is 0 Å². The summed E-state index contributed by atoms with van der Waals surface area (Å²) in [6.45, 7) is 3.85. The Morgan fingerprint density at radius 2 is 2.03 bits per heavy atom. The molecule has 0 atom stereocenters. The van der Waals surface area contributed by atoms with Crippen LogP contribution in [-0.2, 0) is 14.3 Å². The van der Waals surface area contributed by atoms with Gasteiger partial charge in [-0.1, -0.05) is 32.1 Å². The minimum atomic E-state index is -0.765. The van der Waals surface area contributed by atoms with Crippen LogP contribution in [0.4, 0.5) is 5.69 Å². The Balaban J connectivity index is 1.69. The number of rotatable bonds is 9. The van der Waals surface area contributed by atoms with Gasteiger partial charge in [-0.05, 0) is 49.5 Å². The third kappa shape index (κ3) is 5.32. The lowest BCUT2D eigenvalue weighted by molar-refractivity contribution is -0.147. The average Bonchev–Trinajstić information content (AvgIpc) is 3.48. The van der Waals surface area contributed by atoms with Crippen molar-refractivity contribution in [3.63, 3.8) is 0 Å². The topological polar surface area (TPSA) is 68.3 Å². The van der Waals surface area contributed by atoms with Crippen LogP contribution in [0, 0.1) is 5.41 Å². The average molecular weight is 413 g/mol. The molecule has 1 fully saturated rings. The van der Waals surface area contributed by atoms with Gasteiger partial charge >= 0.3 is 5.97 Å². The molecule has 5 nitrogen and oxygen atoms in total.